The molecule has 0 aromatic heterocycles. The van der Waals surface area contributed by atoms with Gasteiger partial charge in [0.25, 0.3) is 0 Å². The lowest BCUT2D eigenvalue weighted by Crippen LogP contribution is -2.45. The van der Waals surface area contributed by atoms with Crippen LogP contribution in [0.15, 0.2) is 48.5 Å². The number of hydrogen-bond donors (Lipinski definition) is 3. The number of carbonyl (C=O) groups is 2. The van der Waals surface area contributed by atoms with Crippen molar-refractivity contribution in [3.63, 3.8) is 0 Å². The van der Waals surface area contributed by atoms with E-state index in [2.05, 4.69) is 22.8 Å². The molecule has 154 valence electrons. The molecule has 0 spiro atoms. The first-order chi connectivity index (χ1) is 13.8. The summed E-state index contributed by atoms with van der Waals surface area (Å²) in [5.74, 6) is -1.13. The number of carboxylic acids is 1. The first-order valence-electron chi connectivity index (χ1n) is 9.85. The van der Waals surface area contributed by atoms with Gasteiger partial charge in [-0.15, -0.1) is 0 Å². The summed E-state index contributed by atoms with van der Waals surface area (Å²) in [5, 5.41) is 15.1. The predicted octanol–water partition coefficient (Wildman–Crippen LogP) is 3.76. The molecule has 1 aliphatic rings. The lowest BCUT2D eigenvalue weighted by Gasteiger charge is -2.22. The van der Waals surface area contributed by atoms with Gasteiger partial charge in [-0.3, -0.25) is 0 Å². The molecule has 0 fully saturated rings. The van der Waals surface area contributed by atoms with Crippen LogP contribution in [0.5, 0.6) is 0 Å². The Morgan fingerprint density at radius 1 is 1.03 bits per heavy atom. The molecule has 0 bridgehead atoms. The molecule has 1 aliphatic carbocycles. The Balaban J connectivity index is 1.61. The molecule has 0 heterocycles. The maximum Gasteiger partial charge on any atom is 0.407 e. The molecule has 3 rings (SSSR count). The van der Waals surface area contributed by atoms with Crippen LogP contribution in [0.25, 0.3) is 11.1 Å². The van der Waals surface area contributed by atoms with Crippen LogP contribution < -0.4 is 10.6 Å². The number of fused-ring (bicyclic) bond motifs is 3. The van der Waals surface area contributed by atoms with Crippen molar-refractivity contribution in [2.45, 2.75) is 44.7 Å². The number of hydrogen-bond acceptors (Lipinski definition) is 4. The Morgan fingerprint density at radius 2 is 1.59 bits per heavy atom. The number of amides is 1. The molecule has 1 amide bonds. The molecule has 2 aromatic rings. The smallest absolute Gasteiger partial charge is 0.407 e. The van der Waals surface area contributed by atoms with E-state index in [0.29, 0.717) is 6.54 Å². The second kappa shape index (κ2) is 8.66. The van der Waals surface area contributed by atoms with Crippen LogP contribution in [0, 0.1) is 0 Å². The van der Waals surface area contributed by atoms with E-state index in [0.717, 1.165) is 22.3 Å². The van der Waals surface area contributed by atoms with Crippen LogP contribution in [0.2, 0.25) is 0 Å². The van der Waals surface area contributed by atoms with E-state index in [1.807, 2.05) is 57.2 Å². The van der Waals surface area contributed by atoms with Gasteiger partial charge in [-0.1, -0.05) is 48.5 Å². The Bertz CT molecular complexity index is 843. The van der Waals surface area contributed by atoms with E-state index in [-0.39, 0.29) is 24.5 Å². The summed E-state index contributed by atoms with van der Waals surface area (Å²) in [6, 6.07) is 15.2. The highest BCUT2D eigenvalue weighted by Gasteiger charge is 2.29. The standard InChI is InChI=1S/C23H28N2O4/c1-23(2,3)24-13-12-20(21(26)27)25-22(28)29-14-19-17-10-6-4-8-15(17)16-9-5-7-11-18(16)19/h4-11,19-20,24H,12-14H2,1-3H3,(H,25,28)(H,26,27)/t20-/m0/s1. The third-order valence-electron chi connectivity index (χ3n) is 5.02. The van der Waals surface area contributed by atoms with E-state index in [9.17, 15) is 14.7 Å². The fourth-order valence-corrected chi connectivity index (χ4v) is 3.63. The number of alkyl carbamates (subject to hydrolysis) is 1. The molecule has 3 N–H and O–H groups in total. The molecular weight excluding hydrogens is 368 g/mol. The lowest BCUT2D eigenvalue weighted by molar-refractivity contribution is -0.139. The Morgan fingerprint density at radius 3 is 2.10 bits per heavy atom. The summed E-state index contributed by atoms with van der Waals surface area (Å²) in [6.07, 6.45) is -0.438. The molecular formula is C23H28N2O4. The molecule has 29 heavy (non-hydrogen) atoms. The van der Waals surface area contributed by atoms with Crippen molar-refractivity contribution in [2.24, 2.45) is 0 Å². The normalized spacial score (nSPS) is 14.0. The number of carbonyl (C=O) groups excluding carboxylic acids is 1. The van der Waals surface area contributed by atoms with E-state index >= 15 is 0 Å². The van der Waals surface area contributed by atoms with Crippen LogP contribution in [0.4, 0.5) is 4.79 Å². The van der Waals surface area contributed by atoms with E-state index < -0.39 is 18.1 Å². The van der Waals surface area contributed by atoms with Crippen LogP contribution in [0.3, 0.4) is 0 Å². The predicted molar refractivity (Wildman–Crippen MR) is 112 cm³/mol. The molecule has 6 heteroatoms. The zero-order valence-electron chi connectivity index (χ0n) is 17.1. The van der Waals surface area contributed by atoms with Crippen LogP contribution in [0.1, 0.15) is 44.2 Å². The summed E-state index contributed by atoms with van der Waals surface area (Å²) in [7, 11) is 0. The van der Waals surface area contributed by atoms with E-state index in [1.165, 1.54) is 0 Å². The van der Waals surface area contributed by atoms with Gasteiger partial charge in [0, 0.05) is 11.5 Å². The summed E-state index contributed by atoms with van der Waals surface area (Å²) in [6.45, 7) is 6.64. The van der Waals surface area contributed by atoms with Crippen molar-refractivity contribution in [3.8, 4) is 11.1 Å². The Hall–Kier alpha value is -2.86. The molecule has 0 unspecified atom stereocenters. The van der Waals surface area contributed by atoms with Crippen LogP contribution in [-0.2, 0) is 9.53 Å². The summed E-state index contributed by atoms with van der Waals surface area (Å²) in [5.41, 5.74) is 4.41. The zero-order chi connectivity index (χ0) is 21.0. The van der Waals surface area contributed by atoms with Crippen LogP contribution >= 0.6 is 0 Å². The summed E-state index contributed by atoms with van der Waals surface area (Å²) >= 11 is 0. The van der Waals surface area contributed by atoms with Gasteiger partial charge in [0.05, 0.1) is 0 Å². The highest BCUT2D eigenvalue weighted by molar-refractivity contribution is 5.81. The van der Waals surface area contributed by atoms with Gasteiger partial charge in [0.2, 0.25) is 0 Å². The van der Waals surface area contributed by atoms with Crippen molar-refractivity contribution >= 4 is 12.1 Å². The van der Waals surface area contributed by atoms with Crippen molar-refractivity contribution in [2.75, 3.05) is 13.2 Å². The van der Waals surface area contributed by atoms with Crippen molar-refractivity contribution in [1.82, 2.24) is 10.6 Å². The average Bonchev–Trinajstić information content (AvgIpc) is 2.98. The van der Waals surface area contributed by atoms with Crippen LogP contribution in [-0.4, -0.2) is 41.9 Å². The minimum absolute atomic E-state index is 0.0565. The SMILES string of the molecule is CC(C)(C)NCC[C@H](NC(=O)OCC1c2ccccc2-c2ccccc21)C(=O)O. The second-order valence-electron chi connectivity index (χ2n) is 8.33. The second-order valence-corrected chi connectivity index (χ2v) is 8.33. The maximum atomic E-state index is 12.3. The minimum Gasteiger partial charge on any atom is -0.480 e. The number of carboxylic acid groups (broad SMARTS) is 1. The Labute approximate surface area is 171 Å². The van der Waals surface area contributed by atoms with Gasteiger partial charge in [0.15, 0.2) is 0 Å². The molecule has 0 saturated carbocycles. The fourth-order valence-electron chi connectivity index (χ4n) is 3.63. The third-order valence-corrected chi connectivity index (χ3v) is 5.02. The summed E-state index contributed by atoms with van der Waals surface area (Å²) in [4.78, 5) is 23.8. The quantitative estimate of drug-likeness (QED) is 0.663. The molecule has 0 saturated heterocycles. The van der Waals surface area contributed by atoms with Gasteiger partial charge in [0.1, 0.15) is 12.6 Å². The third kappa shape index (κ3) is 5.15. The summed E-state index contributed by atoms with van der Waals surface area (Å²) < 4.78 is 5.43. The zero-order valence-corrected chi connectivity index (χ0v) is 17.1. The van der Waals surface area contributed by atoms with Gasteiger partial charge in [-0.2, -0.15) is 0 Å². The monoisotopic (exact) mass is 396 g/mol. The average molecular weight is 396 g/mol. The number of nitrogens with one attached hydrogen (secondary N) is 2. The minimum atomic E-state index is -1.07. The highest BCUT2D eigenvalue weighted by Crippen LogP contribution is 2.44. The number of rotatable bonds is 7. The van der Waals surface area contributed by atoms with Crippen molar-refractivity contribution in [3.05, 3.63) is 59.7 Å². The Kier molecular flexibility index (Phi) is 6.23. The first kappa shape index (κ1) is 20.9. The number of aliphatic carboxylic acids is 1. The van der Waals surface area contributed by atoms with Gasteiger partial charge >= 0.3 is 12.1 Å². The van der Waals surface area contributed by atoms with E-state index in [4.69, 9.17) is 4.74 Å². The van der Waals surface area contributed by atoms with Gasteiger partial charge < -0.3 is 20.5 Å². The maximum absolute atomic E-state index is 12.3. The van der Waals surface area contributed by atoms with Crippen molar-refractivity contribution < 1.29 is 19.4 Å². The molecule has 2 aromatic carbocycles. The first-order valence-corrected chi connectivity index (χ1v) is 9.85. The molecule has 0 radical (unpaired) electrons. The number of benzene rings is 2. The van der Waals surface area contributed by atoms with Crippen molar-refractivity contribution in [1.29, 1.82) is 0 Å². The molecule has 6 nitrogen and oxygen atoms in total. The largest absolute Gasteiger partial charge is 0.480 e. The highest BCUT2D eigenvalue weighted by atomic mass is 16.5. The van der Waals surface area contributed by atoms with Gasteiger partial charge in [-0.25, -0.2) is 9.59 Å². The number of ether oxygens (including phenoxy) is 1. The van der Waals surface area contributed by atoms with E-state index in [1.54, 1.807) is 0 Å². The molecule has 0 aliphatic heterocycles. The lowest BCUT2D eigenvalue weighted by atomic mass is 9.98. The topological polar surface area (TPSA) is 87.7 Å². The fraction of sp³-hybridized carbons (Fsp3) is 0.391. The van der Waals surface area contributed by atoms with Gasteiger partial charge in [-0.05, 0) is 56.0 Å². The molecule has 1 atom stereocenters.